The summed E-state index contributed by atoms with van der Waals surface area (Å²) in [6, 6.07) is 0. The van der Waals surface area contributed by atoms with Crippen molar-refractivity contribution in [3.8, 4) is 0 Å². The van der Waals surface area contributed by atoms with E-state index in [2.05, 4.69) is 17.6 Å². The molecule has 2 rings (SSSR count). The minimum atomic E-state index is 0.0847. The summed E-state index contributed by atoms with van der Waals surface area (Å²) in [6.07, 6.45) is 8.04. The number of amides is 1. The van der Waals surface area contributed by atoms with E-state index >= 15 is 0 Å². The minimum Gasteiger partial charge on any atom is -0.351 e. The number of nitrogens with one attached hydrogen (secondary N) is 2. The summed E-state index contributed by atoms with van der Waals surface area (Å²) in [7, 11) is 0. The maximum atomic E-state index is 11.9. The lowest BCUT2D eigenvalue weighted by Gasteiger charge is -2.34. The van der Waals surface area contributed by atoms with E-state index in [1.54, 1.807) is 0 Å². The van der Waals surface area contributed by atoms with E-state index in [0.717, 1.165) is 32.4 Å². The van der Waals surface area contributed by atoms with Gasteiger partial charge in [-0.2, -0.15) is 0 Å². The van der Waals surface area contributed by atoms with E-state index in [9.17, 15) is 4.79 Å². The van der Waals surface area contributed by atoms with Crippen LogP contribution < -0.4 is 10.6 Å². The van der Waals surface area contributed by atoms with Crippen LogP contribution >= 0.6 is 0 Å². The summed E-state index contributed by atoms with van der Waals surface area (Å²) < 4.78 is 0. The van der Waals surface area contributed by atoms with Crippen molar-refractivity contribution < 1.29 is 4.79 Å². The van der Waals surface area contributed by atoms with E-state index in [4.69, 9.17) is 0 Å². The van der Waals surface area contributed by atoms with Crippen molar-refractivity contribution in [1.82, 2.24) is 10.6 Å². The minimum absolute atomic E-state index is 0.0847. The number of rotatable bonds is 3. The maximum Gasteiger partial charge on any atom is 0.220 e. The van der Waals surface area contributed by atoms with Crippen LogP contribution in [0.2, 0.25) is 0 Å². The molecule has 0 radical (unpaired) electrons. The molecular weight excluding hydrogens is 200 g/mol. The molecule has 92 valence electrons. The topological polar surface area (TPSA) is 41.1 Å². The van der Waals surface area contributed by atoms with Crippen LogP contribution in [0.3, 0.4) is 0 Å². The lowest BCUT2D eigenvalue weighted by atomic mass is 9.83. The van der Waals surface area contributed by atoms with E-state index in [-0.39, 0.29) is 11.4 Å². The molecule has 1 aliphatic heterocycles. The van der Waals surface area contributed by atoms with Crippen LogP contribution in [0.1, 0.15) is 51.9 Å². The summed E-state index contributed by atoms with van der Waals surface area (Å²) in [5.74, 6) is 0.824. The smallest absolute Gasteiger partial charge is 0.220 e. The highest BCUT2D eigenvalue weighted by atomic mass is 16.1. The Kier molecular flexibility index (Phi) is 3.85. The van der Waals surface area contributed by atoms with E-state index in [1.807, 2.05) is 0 Å². The number of carbonyl (C=O) groups excluding carboxylic acids is 1. The Morgan fingerprint density at radius 2 is 2.12 bits per heavy atom. The van der Waals surface area contributed by atoms with E-state index in [0.29, 0.717) is 12.3 Å². The summed E-state index contributed by atoms with van der Waals surface area (Å²) in [5.41, 5.74) is 0.0847. The molecule has 1 heterocycles. The van der Waals surface area contributed by atoms with Gasteiger partial charge in [-0.3, -0.25) is 4.79 Å². The van der Waals surface area contributed by atoms with Gasteiger partial charge in [-0.05, 0) is 45.2 Å². The Morgan fingerprint density at radius 3 is 2.75 bits per heavy atom. The summed E-state index contributed by atoms with van der Waals surface area (Å²) in [6.45, 7) is 4.30. The first kappa shape index (κ1) is 11.9. The van der Waals surface area contributed by atoms with Gasteiger partial charge in [-0.25, -0.2) is 0 Å². The fraction of sp³-hybridized carbons (Fsp3) is 0.923. The number of hydrogen-bond donors (Lipinski definition) is 2. The molecule has 1 unspecified atom stereocenters. The van der Waals surface area contributed by atoms with Gasteiger partial charge in [0, 0.05) is 12.0 Å². The predicted octanol–water partition coefficient (Wildman–Crippen LogP) is 1.82. The van der Waals surface area contributed by atoms with Gasteiger partial charge in [-0.15, -0.1) is 0 Å². The molecule has 0 aromatic heterocycles. The molecule has 2 fully saturated rings. The van der Waals surface area contributed by atoms with Crippen molar-refractivity contribution in [3.63, 3.8) is 0 Å². The largest absolute Gasteiger partial charge is 0.351 e. The van der Waals surface area contributed by atoms with Crippen molar-refractivity contribution in [1.29, 1.82) is 0 Å². The van der Waals surface area contributed by atoms with Crippen LogP contribution in [0.25, 0.3) is 0 Å². The Hall–Kier alpha value is -0.570. The highest BCUT2D eigenvalue weighted by Gasteiger charge is 2.29. The van der Waals surface area contributed by atoms with Crippen molar-refractivity contribution in [2.75, 3.05) is 13.1 Å². The van der Waals surface area contributed by atoms with Gasteiger partial charge in [0.15, 0.2) is 0 Å². The first-order chi connectivity index (χ1) is 7.68. The van der Waals surface area contributed by atoms with E-state index < -0.39 is 0 Å². The molecule has 0 aromatic rings. The second kappa shape index (κ2) is 5.17. The third kappa shape index (κ3) is 3.21. The van der Waals surface area contributed by atoms with Crippen LogP contribution in [0.5, 0.6) is 0 Å². The first-order valence-electron chi connectivity index (χ1n) is 6.70. The van der Waals surface area contributed by atoms with Gasteiger partial charge in [0.25, 0.3) is 0 Å². The number of carbonyl (C=O) groups is 1. The molecule has 1 amide bonds. The molecule has 1 saturated heterocycles. The van der Waals surface area contributed by atoms with Gasteiger partial charge in [0.1, 0.15) is 0 Å². The van der Waals surface area contributed by atoms with Gasteiger partial charge in [0.05, 0.1) is 0 Å². The quantitative estimate of drug-likeness (QED) is 0.768. The van der Waals surface area contributed by atoms with Crippen LogP contribution in [0.4, 0.5) is 0 Å². The molecule has 1 aliphatic carbocycles. The Morgan fingerprint density at radius 1 is 1.38 bits per heavy atom. The Balaban J connectivity index is 1.76. The molecule has 3 heteroatoms. The summed E-state index contributed by atoms with van der Waals surface area (Å²) in [5, 5.41) is 6.57. The summed E-state index contributed by atoms with van der Waals surface area (Å²) in [4.78, 5) is 11.9. The first-order valence-corrected chi connectivity index (χ1v) is 6.70. The van der Waals surface area contributed by atoms with Gasteiger partial charge < -0.3 is 10.6 Å². The normalized spacial score (nSPS) is 28.9. The zero-order valence-corrected chi connectivity index (χ0v) is 10.3. The summed E-state index contributed by atoms with van der Waals surface area (Å²) >= 11 is 0. The fourth-order valence-corrected chi connectivity index (χ4v) is 3.00. The zero-order valence-electron chi connectivity index (χ0n) is 10.3. The third-order valence-corrected chi connectivity index (χ3v) is 4.03. The molecule has 0 bridgehead atoms. The lowest BCUT2D eigenvalue weighted by molar-refractivity contribution is -0.124. The van der Waals surface area contributed by atoms with Gasteiger partial charge >= 0.3 is 0 Å². The molecule has 1 saturated carbocycles. The van der Waals surface area contributed by atoms with E-state index in [1.165, 1.54) is 19.3 Å². The fourth-order valence-electron chi connectivity index (χ4n) is 3.00. The second-order valence-electron chi connectivity index (χ2n) is 5.73. The van der Waals surface area contributed by atoms with Crippen LogP contribution in [-0.4, -0.2) is 24.5 Å². The predicted molar refractivity (Wildman–Crippen MR) is 65.2 cm³/mol. The SMILES string of the molecule is CC1(NC(=O)CC2CCNC2)CCCCC1. The Labute approximate surface area is 98.4 Å². The molecule has 1 atom stereocenters. The maximum absolute atomic E-state index is 11.9. The van der Waals surface area contributed by atoms with Crippen LogP contribution in [0, 0.1) is 5.92 Å². The van der Waals surface area contributed by atoms with Crippen LogP contribution in [-0.2, 0) is 4.79 Å². The second-order valence-corrected chi connectivity index (χ2v) is 5.73. The van der Waals surface area contributed by atoms with Gasteiger partial charge in [0.2, 0.25) is 5.91 Å². The van der Waals surface area contributed by atoms with Crippen molar-refractivity contribution >= 4 is 5.91 Å². The highest BCUT2D eigenvalue weighted by molar-refractivity contribution is 5.77. The van der Waals surface area contributed by atoms with Gasteiger partial charge in [-0.1, -0.05) is 19.3 Å². The molecule has 0 spiro atoms. The number of hydrogen-bond acceptors (Lipinski definition) is 2. The average Bonchev–Trinajstić information content (AvgIpc) is 2.70. The average molecular weight is 224 g/mol. The molecule has 0 aromatic carbocycles. The zero-order chi connectivity index (χ0) is 11.4. The molecule has 16 heavy (non-hydrogen) atoms. The third-order valence-electron chi connectivity index (χ3n) is 4.03. The van der Waals surface area contributed by atoms with Crippen molar-refractivity contribution in [3.05, 3.63) is 0 Å². The molecule has 2 N–H and O–H groups in total. The molecular formula is C13H24N2O. The molecule has 3 nitrogen and oxygen atoms in total. The Bertz CT molecular complexity index is 240. The van der Waals surface area contributed by atoms with Crippen LogP contribution in [0.15, 0.2) is 0 Å². The highest BCUT2D eigenvalue weighted by Crippen LogP contribution is 2.27. The lowest BCUT2D eigenvalue weighted by Crippen LogP contribution is -2.47. The molecule has 2 aliphatic rings. The van der Waals surface area contributed by atoms with Crippen molar-refractivity contribution in [2.24, 2.45) is 5.92 Å². The standard InChI is InChI=1S/C13H24N2O/c1-13(6-3-2-4-7-13)15-12(16)9-11-5-8-14-10-11/h11,14H,2-10H2,1H3,(H,15,16). The van der Waals surface area contributed by atoms with Crippen molar-refractivity contribution in [2.45, 2.75) is 57.4 Å². The monoisotopic (exact) mass is 224 g/mol.